The SMILES string of the molecule is Clc1cc[c-]cc1.[CH2-]c1nc2cc(C(F)(F)F)ccc2n1-c1cccc(C(=O)O)c1.[U+2]. The summed E-state index contributed by atoms with van der Waals surface area (Å²) >= 11 is 5.52. The number of halogens is 4. The maximum atomic E-state index is 12.8. The van der Waals surface area contributed by atoms with Crippen LogP contribution in [0.3, 0.4) is 0 Å². The fourth-order valence-corrected chi connectivity index (χ4v) is 2.87. The van der Waals surface area contributed by atoms with Crippen LogP contribution in [-0.4, -0.2) is 20.6 Å². The van der Waals surface area contributed by atoms with Gasteiger partial charge in [-0.2, -0.15) is 43.5 Å². The number of rotatable bonds is 2. The second-order valence-corrected chi connectivity index (χ2v) is 6.57. The molecule has 0 fully saturated rings. The first-order chi connectivity index (χ1) is 14.2. The standard InChI is InChI=1S/C16H10F3N2O2.C6H4Cl.U/c1-9-20-13-8-11(16(17,18)19)5-6-14(13)21(9)12-4-2-3-10(7-12)15(22)23;7-6-4-2-1-3-5-6;/h2-8H,1H2,(H,22,23);2-5H;/q2*-1;+2. The fraction of sp³-hybridized carbons (Fsp3) is 0.0455. The molecule has 156 valence electrons. The van der Waals surface area contributed by atoms with Crippen LogP contribution >= 0.6 is 11.6 Å². The van der Waals surface area contributed by atoms with Gasteiger partial charge in [0.2, 0.25) is 0 Å². The molecule has 0 atom stereocenters. The van der Waals surface area contributed by atoms with E-state index in [0.29, 0.717) is 11.2 Å². The molecule has 1 heterocycles. The second-order valence-electron chi connectivity index (χ2n) is 6.14. The Morgan fingerprint density at radius 1 is 1.10 bits per heavy atom. The second kappa shape index (κ2) is 10.3. The monoisotopic (exact) mass is 668 g/mol. The molecule has 1 N–H and O–H groups in total. The number of benzene rings is 3. The Bertz CT molecular complexity index is 1190. The van der Waals surface area contributed by atoms with Crippen LogP contribution in [0.15, 0.2) is 66.7 Å². The number of carbonyl (C=O) groups is 1. The molecule has 0 aliphatic heterocycles. The van der Waals surface area contributed by atoms with Gasteiger partial charge in [-0.05, 0) is 42.2 Å². The minimum atomic E-state index is -4.46. The first-order valence-electron chi connectivity index (χ1n) is 8.54. The molecule has 0 aliphatic carbocycles. The molecule has 0 saturated heterocycles. The van der Waals surface area contributed by atoms with E-state index in [1.54, 1.807) is 36.4 Å². The van der Waals surface area contributed by atoms with E-state index >= 15 is 0 Å². The Balaban J connectivity index is 0.000000364. The summed E-state index contributed by atoms with van der Waals surface area (Å²) < 4.78 is 39.8. The van der Waals surface area contributed by atoms with Crippen molar-refractivity contribution in [2.24, 2.45) is 0 Å². The Hall–Kier alpha value is -2.40. The molecule has 4 rings (SSSR count). The minimum absolute atomic E-state index is 0. The Kier molecular flexibility index (Phi) is 8.24. The Morgan fingerprint density at radius 2 is 1.77 bits per heavy atom. The van der Waals surface area contributed by atoms with Crippen molar-refractivity contribution in [3.63, 3.8) is 0 Å². The molecule has 0 spiro atoms. The number of hydrogen-bond acceptors (Lipinski definition) is 2. The normalized spacial score (nSPS) is 10.7. The van der Waals surface area contributed by atoms with Gasteiger partial charge < -0.3 is 16.6 Å². The van der Waals surface area contributed by atoms with Gasteiger partial charge >= 0.3 is 43.3 Å². The summed E-state index contributed by atoms with van der Waals surface area (Å²) in [6.45, 7) is 3.72. The zero-order valence-electron chi connectivity index (χ0n) is 15.8. The van der Waals surface area contributed by atoms with Crippen LogP contribution in [0.25, 0.3) is 16.7 Å². The van der Waals surface area contributed by atoms with Crippen molar-refractivity contribution in [2.45, 2.75) is 6.18 Å². The number of fused-ring (bicyclic) bond motifs is 1. The average molecular weight is 669 g/mol. The number of nitrogens with zero attached hydrogens (tertiary/aromatic N) is 2. The molecule has 0 bridgehead atoms. The van der Waals surface area contributed by atoms with Crippen molar-refractivity contribution in [2.75, 3.05) is 0 Å². The van der Waals surface area contributed by atoms with E-state index < -0.39 is 17.7 Å². The summed E-state index contributed by atoms with van der Waals surface area (Å²) in [5.41, 5.74) is 0.304. The van der Waals surface area contributed by atoms with E-state index in [2.05, 4.69) is 18.0 Å². The van der Waals surface area contributed by atoms with Crippen LogP contribution in [0.1, 0.15) is 21.7 Å². The molecule has 4 aromatic rings. The third-order valence-electron chi connectivity index (χ3n) is 4.08. The van der Waals surface area contributed by atoms with Crippen molar-refractivity contribution in [3.8, 4) is 5.69 Å². The summed E-state index contributed by atoms with van der Waals surface area (Å²) in [6.07, 6.45) is -4.46. The predicted molar refractivity (Wildman–Crippen MR) is 108 cm³/mol. The van der Waals surface area contributed by atoms with E-state index in [-0.39, 0.29) is 48.0 Å². The summed E-state index contributed by atoms with van der Waals surface area (Å²) in [5, 5.41) is 9.81. The number of carboxylic acids is 1. The van der Waals surface area contributed by atoms with Crippen LogP contribution in [-0.2, 0) is 6.18 Å². The van der Waals surface area contributed by atoms with E-state index in [9.17, 15) is 18.0 Å². The van der Waals surface area contributed by atoms with Crippen LogP contribution in [0.2, 0.25) is 5.02 Å². The number of hydrogen-bond donors (Lipinski definition) is 1. The van der Waals surface area contributed by atoms with Gasteiger partial charge in [-0.3, -0.25) is 4.98 Å². The van der Waals surface area contributed by atoms with Gasteiger partial charge in [0.25, 0.3) is 0 Å². The molecule has 31 heavy (non-hydrogen) atoms. The zero-order chi connectivity index (χ0) is 21.9. The molecule has 1 aromatic heterocycles. The smallest absolute Gasteiger partial charge is 0.478 e. The average Bonchev–Trinajstić information content (AvgIpc) is 3.03. The largest absolute Gasteiger partial charge is 2.00 e. The van der Waals surface area contributed by atoms with E-state index in [1.807, 2.05) is 0 Å². The van der Waals surface area contributed by atoms with Gasteiger partial charge in [-0.15, -0.1) is 11.6 Å². The summed E-state index contributed by atoms with van der Waals surface area (Å²) in [4.78, 5) is 15.1. The number of aromatic nitrogens is 2. The zero-order valence-corrected chi connectivity index (χ0v) is 20.7. The number of imidazole rings is 1. The molecule has 0 aliphatic rings. The molecule has 0 radical (unpaired) electrons. The molecule has 0 unspecified atom stereocenters. The molecule has 3 aromatic carbocycles. The molecule has 4 nitrogen and oxygen atoms in total. The summed E-state index contributed by atoms with van der Waals surface area (Å²) in [6, 6.07) is 19.2. The van der Waals surface area contributed by atoms with Gasteiger partial charge in [0, 0.05) is 5.69 Å². The van der Waals surface area contributed by atoms with Crippen LogP contribution in [0.5, 0.6) is 0 Å². The van der Waals surface area contributed by atoms with Crippen LogP contribution < -0.4 is 0 Å². The molecular weight excluding hydrogens is 655 g/mol. The topological polar surface area (TPSA) is 55.1 Å². The van der Waals surface area contributed by atoms with E-state index in [4.69, 9.17) is 16.7 Å². The number of carboxylic acid groups (broad SMARTS) is 1. The molecular formula is C22H14ClF3N2O2U. The van der Waals surface area contributed by atoms with Gasteiger partial charge in [-0.25, -0.2) is 4.79 Å². The van der Waals surface area contributed by atoms with Crippen LogP contribution in [0, 0.1) is 44.1 Å². The predicted octanol–water partition coefficient (Wildman–Crippen LogP) is 6.06. The first kappa shape index (κ1) is 24.9. The fourth-order valence-electron chi connectivity index (χ4n) is 2.74. The van der Waals surface area contributed by atoms with E-state index in [1.165, 1.54) is 22.8 Å². The summed E-state index contributed by atoms with van der Waals surface area (Å²) in [5.74, 6) is -0.872. The van der Waals surface area contributed by atoms with Crippen LogP contribution in [0.4, 0.5) is 13.2 Å². The third kappa shape index (κ3) is 6.07. The first-order valence-corrected chi connectivity index (χ1v) is 8.91. The van der Waals surface area contributed by atoms with E-state index in [0.717, 1.165) is 17.2 Å². The number of aromatic carboxylic acids is 1. The Labute approximate surface area is 205 Å². The molecule has 0 saturated carbocycles. The van der Waals surface area contributed by atoms with Crippen molar-refractivity contribution >= 4 is 28.6 Å². The molecule has 0 amide bonds. The van der Waals surface area contributed by atoms with Gasteiger partial charge in [0.1, 0.15) is 0 Å². The van der Waals surface area contributed by atoms with Crippen molar-refractivity contribution in [1.29, 1.82) is 0 Å². The van der Waals surface area contributed by atoms with Crippen molar-refractivity contribution in [3.05, 3.63) is 102 Å². The van der Waals surface area contributed by atoms with Gasteiger partial charge in [0.05, 0.1) is 22.2 Å². The maximum absolute atomic E-state index is 12.8. The quantitative estimate of drug-likeness (QED) is 0.264. The number of alkyl halides is 3. The molecule has 9 heteroatoms. The third-order valence-corrected chi connectivity index (χ3v) is 4.33. The maximum Gasteiger partial charge on any atom is 2.00 e. The minimum Gasteiger partial charge on any atom is -0.478 e. The Morgan fingerprint density at radius 3 is 2.32 bits per heavy atom. The van der Waals surface area contributed by atoms with Crippen molar-refractivity contribution < 1.29 is 54.2 Å². The summed E-state index contributed by atoms with van der Waals surface area (Å²) in [7, 11) is 0. The van der Waals surface area contributed by atoms with Gasteiger partial charge in [-0.1, -0.05) is 11.1 Å². The van der Waals surface area contributed by atoms with Crippen molar-refractivity contribution in [1.82, 2.24) is 9.55 Å². The van der Waals surface area contributed by atoms with Gasteiger partial charge in [0.15, 0.2) is 0 Å².